The molecule has 0 radical (unpaired) electrons. The Morgan fingerprint density at radius 1 is 1.21 bits per heavy atom. The number of nitrogens with one attached hydrogen (secondary N) is 1. The summed E-state index contributed by atoms with van der Waals surface area (Å²) in [5.74, 6) is 0.696. The van der Waals surface area contributed by atoms with Crippen LogP contribution in [0.1, 0.15) is 26.2 Å². The van der Waals surface area contributed by atoms with Crippen molar-refractivity contribution in [2.45, 2.75) is 31.1 Å². The normalized spacial score (nSPS) is 11.6. The summed E-state index contributed by atoms with van der Waals surface area (Å²) in [6, 6.07) is 7.45. The Morgan fingerprint density at radius 3 is 2.53 bits per heavy atom. The van der Waals surface area contributed by atoms with Gasteiger partial charge in [0.2, 0.25) is 10.0 Å². The summed E-state index contributed by atoms with van der Waals surface area (Å²) in [5.41, 5.74) is 6.31. The van der Waals surface area contributed by atoms with Crippen molar-refractivity contribution in [3.8, 4) is 0 Å². The van der Waals surface area contributed by atoms with E-state index in [4.69, 9.17) is 5.73 Å². The molecule has 0 aromatic heterocycles. The van der Waals surface area contributed by atoms with Crippen molar-refractivity contribution in [3.05, 3.63) is 24.3 Å². The summed E-state index contributed by atoms with van der Waals surface area (Å²) >= 11 is 1.52. The summed E-state index contributed by atoms with van der Waals surface area (Å²) in [6.45, 7) is 2.64. The molecule has 0 spiro atoms. The molecule has 6 heteroatoms. The van der Waals surface area contributed by atoms with E-state index >= 15 is 0 Å². The largest absolute Gasteiger partial charge is 0.399 e. The van der Waals surface area contributed by atoms with Crippen LogP contribution >= 0.6 is 11.8 Å². The van der Waals surface area contributed by atoms with Gasteiger partial charge in [-0.3, -0.25) is 0 Å². The van der Waals surface area contributed by atoms with E-state index in [1.807, 2.05) is 24.3 Å². The summed E-state index contributed by atoms with van der Waals surface area (Å²) in [6.07, 6.45) is 3.05. The maximum Gasteiger partial charge on any atom is 0.212 e. The smallest absolute Gasteiger partial charge is 0.212 e. The van der Waals surface area contributed by atoms with E-state index in [0.717, 1.165) is 29.8 Å². The van der Waals surface area contributed by atoms with Gasteiger partial charge < -0.3 is 5.73 Å². The van der Waals surface area contributed by atoms with E-state index in [-0.39, 0.29) is 5.75 Å². The Kier molecular flexibility index (Phi) is 7.27. The van der Waals surface area contributed by atoms with Crippen LogP contribution in [0.4, 0.5) is 5.69 Å². The predicted molar refractivity (Wildman–Crippen MR) is 82.9 cm³/mol. The molecule has 4 nitrogen and oxygen atoms in total. The van der Waals surface area contributed by atoms with E-state index in [1.54, 1.807) is 0 Å². The van der Waals surface area contributed by atoms with E-state index in [9.17, 15) is 8.42 Å². The monoisotopic (exact) mass is 302 g/mol. The third kappa shape index (κ3) is 7.44. The molecule has 0 saturated carbocycles. The molecule has 0 aliphatic carbocycles. The quantitative estimate of drug-likeness (QED) is 0.417. The van der Waals surface area contributed by atoms with Gasteiger partial charge in [-0.05, 0) is 30.7 Å². The van der Waals surface area contributed by atoms with E-state index in [2.05, 4.69) is 11.6 Å². The average molecular weight is 302 g/mol. The van der Waals surface area contributed by atoms with Gasteiger partial charge in [-0.25, -0.2) is 13.1 Å². The zero-order valence-corrected chi connectivity index (χ0v) is 12.9. The fourth-order valence-electron chi connectivity index (χ4n) is 1.51. The zero-order chi connectivity index (χ0) is 14.1. The molecule has 0 atom stereocenters. The van der Waals surface area contributed by atoms with Gasteiger partial charge in [-0.1, -0.05) is 19.8 Å². The highest BCUT2D eigenvalue weighted by molar-refractivity contribution is 8.00. The highest BCUT2D eigenvalue weighted by Gasteiger charge is 2.09. The SMILES string of the molecule is CCCCCNS(=O)(=O)CCSc1ccc(N)cc1. The van der Waals surface area contributed by atoms with Gasteiger partial charge in [-0.15, -0.1) is 11.8 Å². The molecular formula is C13H22N2O2S2. The zero-order valence-electron chi connectivity index (χ0n) is 11.3. The standard InChI is InChI=1S/C13H22N2O2S2/c1-2-3-4-9-15-19(16,17)11-10-18-13-7-5-12(14)6-8-13/h5-8,15H,2-4,9-11,14H2,1H3. The van der Waals surface area contributed by atoms with Crippen LogP contribution < -0.4 is 10.5 Å². The second-order valence-electron chi connectivity index (χ2n) is 4.34. The van der Waals surface area contributed by atoms with Crippen molar-refractivity contribution in [2.24, 2.45) is 0 Å². The molecule has 0 aliphatic rings. The first-order chi connectivity index (χ1) is 9.03. The second-order valence-corrected chi connectivity index (χ2v) is 7.43. The maximum atomic E-state index is 11.7. The van der Waals surface area contributed by atoms with Crippen molar-refractivity contribution in [1.29, 1.82) is 0 Å². The van der Waals surface area contributed by atoms with Crippen molar-refractivity contribution >= 4 is 27.5 Å². The lowest BCUT2D eigenvalue weighted by molar-refractivity contribution is 0.577. The Morgan fingerprint density at radius 2 is 1.89 bits per heavy atom. The minimum atomic E-state index is -3.14. The van der Waals surface area contributed by atoms with Crippen molar-refractivity contribution in [1.82, 2.24) is 4.72 Å². The first-order valence-electron chi connectivity index (χ1n) is 6.49. The summed E-state index contributed by atoms with van der Waals surface area (Å²) in [4.78, 5) is 1.04. The molecule has 0 aliphatic heterocycles. The molecule has 1 aromatic carbocycles. The Bertz CT molecular complexity index is 458. The molecular weight excluding hydrogens is 280 g/mol. The predicted octanol–water partition coefficient (Wildman–Crippen LogP) is 2.47. The van der Waals surface area contributed by atoms with Crippen molar-refractivity contribution in [2.75, 3.05) is 23.8 Å². The van der Waals surface area contributed by atoms with Crippen molar-refractivity contribution < 1.29 is 8.42 Å². The minimum absolute atomic E-state index is 0.147. The number of nitrogens with two attached hydrogens (primary N) is 1. The first-order valence-corrected chi connectivity index (χ1v) is 9.13. The molecule has 108 valence electrons. The molecule has 0 amide bonds. The van der Waals surface area contributed by atoms with Gasteiger partial charge >= 0.3 is 0 Å². The Hall–Kier alpha value is -0.720. The lowest BCUT2D eigenvalue weighted by atomic mass is 10.3. The molecule has 1 rings (SSSR count). The molecule has 0 bridgehead atoms. The number of thioether (sulfide) groups is 1. The minimum Gasteiger partial charge on any atom is -0.399 e. The van der Waals surface area contributed by atoms with Gasteiger partial charge in [0, 0.05) is 22.9 Å². The number of nitrogen functional groups attached to an aromatic ring is 1. The van der Waals surface area contributed by atoms with Gasteiger partial charge in [0.25, 0.3) is 0 Å². The molecule has 19 heavy (non-hydrogen) atoms. The van der Waals surface area contributed by atoms with E-state index in [0.29, 0.717) is 12.3 Å². The highest BCUT2D eigenvalue weighted by Crippen LogP contribution is 2.19. The number of unbranched alkanes of at least 4 members (excludes halogenated alkanes) is 2. The Labute approximate surface area is 120 Å². The maximum absolute atomic E-state index is 11.7. The molecule has 0 saturated heterocycles. The number of sulfonamides is 1. The third-order valence-corrected chi connectivity index (χ3v) is 5.26. The number of hydrogen-bond donors (Lipinski definition) is 2. The summed E-state index contributed by atoms with van der Waals surface area (Å²) < 4.78 is 26.0. The topological polar surface area (TPSA) is 72.2 Å². The van der Waals surface area contributed by atoms with Crippen LogP contribution in [0.15, 0.2) is 29.2 Å². The number of rotatable bonds is 9. The van der Waals surface area contributed by atoms with Crippen molar-refractivity contribution in [3.63, 3.8) is 0 Å². The van der Waals surface area contributed by atoms with Crippen LogP contribution in [0.2, 0.25) is 0 Å². The lowest BCUT2D eigenvalue weighted by Crippen LogP contribution is -2.28. The lowest BCUT2D eigenvalue weighted by Gasteiger charge is -2.06. The molecule has 3 N–H and O–H groups in total. The van der Waals surface area contributed by atoms with Gasteiger partial charge in [0.05, 0.1) is 5.75 Å². The molecule has 0 unspecified atom stereocenters. The number of hydrogen-bond acceptors (Lipinski definition) is 4. The number of anilines is 1. The van der Waals surface area contributed by atoms with Gasteiger partial charge in [0.1, 0.15) is 0 Å². The highest BCUT2D eigenvalue weighted by atomic mass is 32.2. The summed E-state index contributed by atoms with van der Waals surface area (Å²) in [7, 11) is -3.14. The molecule has 0 fully saturated rings. The molecule has 1 aromatic rings. The molecule has 0 heterocycles. The average Bonchev–Trinajstić information content (AvgIpc) is 2.37. The summed E-state index contributed by atoms with van der Waals surface area (Å²) in [5, 5.41) is 0. The first kappa shape index (κ1) is 16.3. The second kappa shape index (κ2) is 8.45. The van der Waals surface area contributed by atoms with E-state index < -0.39 is 10.0 Å². The Balaban J connectivity index is 2.25. The van der Waals surface area contributed by atoms with Gasteiger partial charge in [-0.2, -0.15) is 0 Å². The van der Waals surface area contributed by atoms with Crippen LogP contribution in [-0.2, 0) is 10.0 Å². The van der Waals surface area contributed by atoms with E-state index in [1.165, 1.54) is 11.8 Å². The number of benzene rings is 1. The van der Waals surface area contributed by atoms with Crippen LogP contribution in [0.25, 0.3) is 0 Å². The van der Waals surface area contributed by atoms with Crippen LogP contribution in [0, 0.1) is 0 Å². The third-order valence-electron chi connectivity index (χ3n) is 2.60. The van der Waals surface area contributed by atoms with Gasteiger partial charge in [0.15, 0.2) is 0 Å². The van der Waals surface area contributed by atoms with Crippen LogP contribution in [0.3, 0.4) is 0 Å². The fraction of sp³-hybridized carbons (Fsp3) is 0.538. The van der Waals surface area contributed by atoms with Crippen LogP contribution in [-0.4, -0.2) is 26.5 Å². The van der Waals surface area contributed by atoms with Crippen LogP contribution in [0.5, 0.6) is 0 Å². The fourth-order valence-corrected chi connectivity index (χ4v) is 3.88.